The Labute approximate surface area is 114 Å². The number of aryl methyl sites for hydroxylation is 1. The molecule has 4 heteroatoms. The zero-order valence-electron chi connectivity index (χ0n) is 11.2. The van der Waals surface area contributed by atoms with Gasteiger partial charge >= 0.3 is 0 Å². The van der Waals surface area contributed by atoms with Crippen LogP contribution in [0.15, 0.2) is 12.1 Å². The molecule has 0 spiro atoms. The standard InChI is InChI=1S/C14H21ClN2O/c1-3-12-8-11(10-15)9-14(16-12)18-13-4-6-17(2)7-5-13/h8-9,13H,3-7,10H2,1-2H3. The van der Waals surface area contributed by atoms with Crippen LogP contribution in [-0.4, -0.2) is 36.1 Å². The number of likely N-dealkylation sites (tertiary alicyclic amines) is 1. The van der Waals surface area contributed by atoms with Crippen LogP contribution >= 0.6 is 11.6 Å². The Morgan fingerprint density at radius 3 is 2.72 bits per heavy atom. The first-order valence-electron chi connectivity index (χ1n) is 6.62. The lowest BCUT2D eigenvalue weighted by Gasteiger charge is -2.29. The van der Waals surface area contributed by atoms with Crippen molar-refractivity contribution in [3.63, 3.8) is 0 Å². The van der Waals surface area contributed by atoms with E-state index in [1.54, 1.807) is 0 Å². The zero-order valence-corrected chi connectivity index (χ0v) is 11.9. The summed E-state index contributed by atoms with van der Waals surface area (Å²) in [4.78, 5) is 6.85. The van der Waals surface area contributed by atoms with E-state index < -0.39 is 0 Å². The largest absolute Gasteiger partial charge is 0.474 e. The highest BCUT2D eigenvalue weighted by Crippen LogP contribution is 2.20. The van der Waals surface area contributed by atoms with Crippen molar-refractivity contribution >= 4 is 11.6 Å². The molecule has 0 N–H and O–H groups in total. The summed E-state index contributed by atoms with van der Waals surface area (Å²) in [5.41, 5.74) is 2.14. The number of aromatic nitrogens is 1. The van der Waals surface area contributed by atoms with Gasteiger partial charge in [0, 0.05) is 30.7 Å². The summed E-state index contributed by atoms with van der Waals surface area (Å²) < 4.78 is 5.99. The summed E-state index contributed by atoms with van der Waals surface area (Å²) in [5, 5.41) is 0. The normalized spacial score (nSPS) is 17.9. The minimum absolute atomic E-state index is 0.295. The van der Waals surface area contributed by atoms with Crippen LogP contribution in [0.2, 0.25) is 0 Å². The average Bonchev–Trinajstić information content (AvgIpc) is 2.41. The molecular weight excluding hydrogens is 248 g/mol. The summed E-state index contributed by atoms with van der Waals surface area (Å²) in [5.74, 6) is 1.25. The Bertz CT molecular complexity index is 367. The maximum atomic E-state index is 5.99. The van der Waals surface area contributed by atoms with E-state index in [0.29, 0.717) is 12.0 Å². The van der Waals surface area contributed by atoms with Gasteiger partial charge in [-0.3, -0.25) is 0 Å². The van der Waals surface area contributed by atoms with Crippen molar-refractivity contribution in [2.75, 3.05) is 20.1 Å². The molecule has 0 radical (unpaired) electrons. The summed E-state index contributed by atoms with van der Waals surface area (Å²) in [6.07, 6.45) is 3.35. The second-order valence-corrected chi connectivity index (χ2v) is 5.18. The minimum atomic E-state index is 0.295. The fourth-order valence-electron chi connectivity index (χ4n) is 2.21. The van der Waals surface area contributed by atoms with E-state index in [1.165, 1.54) is 0 Å². The second kappa shape index (κ2) is 6.39. The third kappa shape index (κ3) is 3.59. The highest BCUT2D eigenvalue weighted by Gasteiger charge is 2.18. The highest BCUT2D eigenvalue weighted by molar-refractivity contribution is 6.17. The molecule has 1 fully saturated rings. The monoisotopic (exact) mass is 268 g/mol. The fourth-order valence-corrected chi connectivity index (χ4v) is 2.37. The number of piperidine rings is 1. The molecule has 1 aromatic rings. The maximum Gasteiger partial charge on any atom is 0.214 e. The van der Waals surface area contributed by atoms with Crippen molar-refractivity contribution in [3.8, 4) is 5.88 Å². The van der Waals surface area contributed by atoms with E-state index in [9.17, 15) is 0 Å². The predicted octanol–water partition coefficient (Wildman–Crippen LogP) is 2.86. The van der Waals surface area contributed by atoms with Gasteiger partial charge in [0.25, 0.3) is 0 Å². The topological polar surface area (TPSA) is 25.4 Å². The van der Waals surface area contributed by atoms with Gasteiger partial charge in [-0.2, -0.15) is 0 Å². The van der Waals surface area contributed by atoms with E-state index in [4.69, 9.17) is 16.3 Å². The van der Waals surface area contributed by atoms with Crippen molar-refractivity contribution in [2.45, 2.75) is 38.2 Å². The molecule has 1 aromatic heterocycles. The third-order valence-electron chi connectivity index (χ3n) is 3.38. The number of alkyl halides is 1. The number of ether oxygens (including phenoxy) is 1. The predicted molar refractivity (Wildman–Crippen MR) is 74.3 cm³/mol. The van der Waals surface area contributed by atoms with E-state index in [0.717, 1.165) is 49.5 Å². The number of nitrogens with zero attached hydrogens (tertiary/aromatic N) is 2. The molecule has 0 amide bonds. The molecule has 0 atom stereocenters. The first-order chi connectivity index (χ1) is 8.71. The molecule has 0 aromatic carbocycles. The number of hydrogen-bond donors (Lipinski definition) is 0. The van der Waals surface area contributed by atoms with Crippen molar-refractivity contribution in [1.82, 2.24) is 9.88 Å². The third-order valence-corrected chi connectivity index (χ3v) is 3.69. The Kier molecular flexibility index (Phi) is 4.84. The minimum Gasteiger partial charge on any atom is -0.474 e. The van der Waals surface area contributed by atoms with E-state index in [-0.39, 0.29) is 0 Å². The van der Waals surface area contributed by atoms with E-state index in [1.807, 2.05) is 6.07 Å². The summed E-state index contributed by atoms with van der Waals surface area (Å²) >= 11 is 5.90. The molecule has 0 aliphatic carbocycles. The van der Waals surface area contributed by atoms with Gasteiger partial charge in [0.2, 0.25) is 5.88 Å². The molecule has 100 valence electrons. The number of rotatable bonds is 4. The van der Waals surface area contributed by atoms with Crippen molar-refractivity contribution in [1.29, 1.82) is 0 Å². The van der Waals surface area contributed by atoms with Crippen LogP contribution < -0.4 is 4.74 Å². The molecule has 0 unspecified atom stereocenters. The van der Waals surface area contributed by atoms with Gasteiger partial charge in [-0.15, -0.1) is 11.6 Å². The molecule has 2 rings (SSSR count). The summed E-state index contributed by atoms with van der Waals surface area (Å²) in [6.45, 7) is 4.29. The van der Waals surface area contributed by atoms with Gasteiger partial charge in [0.1, 0.15) is 6.10 Å². The Morgan fingerprint density at radius 1 is 1.39 bits per heavy atom. The van der Waals surface area contributed by atoms with Gasteiger partial charge in [-0.25, -0.2) is 4.98 Å². The van der Waals surface area contributed by atoms with Gasteiger partial charge in [-0.05, 0) is 37.9 Å². The molecule has 1 aliphatic heterocycles. The molecule has 0 bridgehead atoms. The van der Waals surface area contributed by atoms with Crippen LogP contribution in [0, 0.1) is 0 Å². The molecule has 2 heterocycles. The van der Waals surface area contributed by atoms with Gasteiger partial charge in [0.15, 0.2) is 0 Å². The molecule has 1 saturated heterocycles. The van der Waals surface area contributed by atoms with Crippen molar-refractivity contribution in [3.05, 3.63) is 23.4 Å². The smallest absolute Gasteiger partial charge is 0.214 e. The fraction of sp³-hybridized carbons (Fsp3) is 0.643. The quantitative estimate of drug-likeness (QED) is 0.785. The van der Waals surface area contributed by atoms with E-state index >= 15 is 0 Å². The van der Waals surface area contributed by atoms with Crippen molar-refractivity contribution < 1.29 is 4.74 Å². The Hall–Kier alpha value is -0.800. The van der Waals surface area contributed by atoms with Gasteiger partial charge < -0.3 is 9.64 Å². The van der Waals surface area contributed by atoms with E-state index in [2.05, 4.69) is 29.9 Å². The van der Waals surface area contributed by atoms with Crippen LogP contribution in [-0.2, 0) is 12.3 Å². The number of halogens is 1. The second-order valence-electron chi connectivity index (χ2n) is 4.91. The average molecular weight is 269 g/mol. The summed E-state index contributed by atoms with van der Waals surface area (Å²) in [6, 6.07) is 4.01. The van der Waals surface area contributed by atoms with Gasteiger partial charge in [-0.1, -0.05) is 6.92 Å². The Balaban J connectivity index is 2.03. The lowest BCUT2D eigenvalue weighted by Crippen LogP contribution is -2.35. The van der Waals surface area contributed by atoms with Crippen LogP contribution in [0.1, 0.15) is 31.0 Å². The van der Waals surface area contributed by atoms with Gasteiger partial charge in [0.05, 0.1) is 0 Å². The summed E-state index contributed by atoms with van der Waals surface area (Å²) in [7, 11) is 2.15. The molecular formula is C14H21ClN2O. The first-order valence-corrected chi connectivity index (χ1v) is 7.15. The molecule has 18 heavy (non-hydrogen) atoms. The van der Waals surface area contributed by atoms with Crippen LogP contribution in [0.5, 0.6) is 5.88 Å². The number of pyridine rings is 1. The maximum absolute atomic E-state index is 5.99. The first kappa shape index (κ1) is 13.6. The highest BCUT2D eigenvalue weighted by atomic mass is 35.5. The zero-order chi connectivity index (χ0) is 13.0. The molecule has 1 aliphatic rings. The van der Waals surface area contributed by atoms with Crippen molar-refractivity contribution in [2.24, 2.45) is 0 Å². The van der Waals surface area contributed by atoms with Crippen LogP contribution in [0.3, 0.4) is 0 Å². The molecule has 0 saturated carbocycles. The lowest BCUT2D eigenvalue weighted by atomic mass is 10.1. The van der Waals surface area contributed by atoms with Crippen LogP contribution in [0.4, 0.5) is 0 Å². The SMILES string of the molecule is CCc1cc(CCl)cc(OC2CCN(C)CC2)n1. The lowest BCUT2D eigenvalue weighted by molar-refractivity contribution is 0.110. The number of hydrogen-bond acceptors (Lipinski definition) is 3. The molecule has 3 nitrogen and oxygen atoms in total. The van der Waals surface area contributed by atoms with Crippen LogP contribution in [0.25, 0.3) is 0 Å². The Morgan fingerprint density at radius 2 is 2.11 bits per heavy atom.